The smallest absolute Gasteiger partial charge is 0.311 e. The standard InChI is InChI=1S/C16H17ClN6O2/c1-22-10-12(7-20-22)18-6-11-9-23(13-3-4-15(17)19-8-13)21-14(11)5-16(24)25-2/h3-4,7-10,18H,5-6H2,1-2H3. The van der Waals surface area contributed by atoms with Crippen LogP contribution in [0.25, 0.3) is 5.69 Å². The third-order valence-electron chi connectivity index (χ3n) is 3.58. The molecular formula is C16H17ClN6O2. The van der Waals surface area contributed by atoms with Crippen molar-refractivity contribution in [3.63, 3.8) is 0 Å². The van der Waals surface area contributed by atoms with Gasteiger partial charge in [0, 0.05) is 31.5 Å². The Morgan fingerprint density at radius 2 is 2.16 bits per heavy atom. The van der Waals surface area contributed by atoms with Gasteiger partial charge in [-0.1, -0.05) is 11.6 Å². The first-order valence-electron chi connectivity index (χ1n) is 7.54. The fourth-order valence-corrected chi connectivity index (χ4v) is 2.41. The first kappa shape index (κ1) is 17.0. The molecule has 0 saturated carbocycles. The maximum absolute atomic E-state index is 11.7. The summed E-state index contributed by atoms with van der Waals surface area (Å²) in [5.74, 6) is -0.345. The number of hydrogen-bond donors (Lipinski definition) is 1. The number of ether oxygens (including phenoxy) is 1. The van der Waals surface area contributed by atoms with Gasteiger partial charge in [0.05, 0.1) is 43.0 Å². The van der Waals surface area contributed by atoms with Gasteiger partial charge in [-0.25, -0.2) is 9.67 Å². The minimum atomic E-state index is -0.345. The van der Waals surface area contributed by atoms with E-state index in [-0.39, 0.29) is 12.4 Å². The summed E-state index contributed by atoms with van der Waals surface area (Å²) in [6.07, 6.45) is 7.16. The van der Waals surface area contributed by atoms with Crippen LogP contribution in [0.1, 0.15) is 11.3 Å². The van der Waals surface area contributed by atoms with Crippen LogP contribution in [-0.2, 0) is 29.5 Å². The normalized spacial score (nSPS) is 10.7. The molecule has 0 saturated heterocycles. The van der Waals surface area contributed by atoms with Gasteiger partial charge in [-0.2, -0.15) is 10.2 Å². The summed E-state index contributed by atoms with van der Waals surface area (Å²) in [5.41, 5.74) is 3.15. The number of anilines is 1. The van der Waals surface area contributed by atoms with Crippen molar-refractivity contribution >= 4 is 23.3 Å². The first-order valence-corrected chi connectivity index (χ1v) is 7.91. The molecule has 3 aromatic rings. The summed E-state index contributed by atoms with van der Waals surface area (Å²) in [5, 5.41) is 12.3. The number of aromatic nitrogens is 5. The quantitative estimate of drug-likeness (QED) is 0.534. The molecule has 0 aliphatic heterocycles. The molecule has 0 fully saturated rings. The summed E-state index contributed by atoms with van der Waals surface area (Å²) in [6.45, 7) is 0.499. The van der Waals surface area contributed by atoms with Crippen LogP contribution in [0.5, 0.6) is 0 Å². The van der Waals surface area contributed by atoms with E-state index in [9.17, 15) is 4.79 Å². The molecule has 130 valence electrons. The number of rotatable bonds is 6. The Morgan fingerprint density at radius 1 is 1.32 bits per heavy atom. The number of esters is 1. The predicted octanol–water partition coefficient (Wildman–Crippen LogP) is 1.98. The number of pyridine rings is 1. The predicted molar refractivity (Wildman–Crippen MR) is 92.6 cm³/mol. The van der Waals surface area contributed by atoms with Crippen LogP contribution in [0.2, 0.25) is 5.15 Å². The van der Waals surface area contributed by atoms with E-state index >= 15 is 0 Å². The van der Waals surface area contributed by atoms with Crippen molar-refractivity contribution in [1.29, 1.82) is 0 Å². The Balaban J connectivity index is 1.85. The fourth-order valence-electron chi connectivity index (χ4n) is 2.30. The molecular weight excluding hydrogens is 344 g/mol. The highest BCUT2D eigenvalue weighted by molar-refractivity contribution is 6.29. The monoisotopic (exact) mass is 360 g/mol. The number of nitrogens with zero attached hydrogens (tertiary/aromatic N) is 5. The van der Waals surface area contributed by atoms with Crippen molar-refractivity contribution in [2.24, 2.45) is 7.05 Å². The maximum Gasteiger partial charge on any atom is 0.311 e. The molecule has 8 nitrogen and oxygen atoms in total. The van der Waals surface area contributed by atoms with Gasteiger partial charge in [0.15, 0.2) is 0 Å². The number of carbonyl (C=O) groups excluding carboxylic acids is 1. The highest BCUT2D eigenvalue weighted by Crippen LogP contribution is 2.16. The minimum absolute atomic E-state index is 0.0918. The zero-order valence-electron chi connectivity index (χ0n) is 13.8. The molecule has 0 bridgehead atoms. The highest BCUT2D eigenvalue weighted by atomic mass is 35.5. The molecule has 0 aromatic carbocycles. The zero-order chi connectivity index (χ0) is 17.8. The summed E-state index contributed by atoms with van der Waals surface area (Å²) >= 11 is 5.82. The van der Waals surface area contributed by atoms with Gasteiger partial charge in [0.2, 0.25) is 0 Å². The van der Waals surface area contributed by atoms with Crippen molar-refractivity contribution in [3.8, 4) is 5.69 Å². The van der Waals surface area contributed by atoms with E-state index in [2.05, 4.69) is 20.5 Å². The average Bonchev–Trinajstić information content (AvgIpc) is 3.19. The number of halogens is 1. The largest absolute Gasteiger partial charge is 0.469 e. The van der Waals surface area contributed by atoms with Crippen LogP contribution in [0, 0.1) is 0 Å². The van der Waals surface area contributed by atoms with Crippen LogP contribution in [0.15, 0.2) is 36.9 Å². The van der Waals surface area contributed by atoms with E-state index in [1.807, 2.05) is 25.5 Å². The third kappa shape index (κ3) is 4.16. The molecule has 0 aliphatic carbocycles. The van der Waals surface area contributed by atoms with E-state index in [4.69, 9.17) is 16.3 Å². The Morgan fingerprint density at radius 3 is 2.80 bits per heavy atom. The van der Waals surface area contributed by atoms with E-state index in [1.165, 1.54) is 7.11 Å². The lowest BCUT2D eigenvalue weighted by Crippen LogP contribution is -2.08. The van der Waals surface area contributed by atoms with Gasteiger partial charge in [0.1, 0.15) is 5.15 Å². The molecule has 0 unspecified atom stereocenters. The Bertz CT molecular complexity index is 871. The Hall–Kier alpha value is -2.87. The van der Waals surface area contributed by atoms with Crippen molar-refractivity contribution < 1.29 is 9.53 Å². The number of hydrogen-bond acceptors (Lipinski definition) is 6. The molecule has 9 heteroatoms. The molecule has 0 atom stereocenters. The lowest BCUT2D eigenvalue weighted by Gasteiger charge is -2.03. The van der Waals surface area contributed by atoms with Crippen molar-refractivity contribution in [2.45, 2.75) is 13.0 Å². The van der Waals surface area contributed by atoms with Gasteiger partial charge in [-0.3, -0.25) is 9.48 Å². The van der Waals surface area contributed by atoms with Crippen LogP contribution >= 0.6 is 11.6 Å². The molecule has 3 aromatic heterocycles. The summed E-state index contributed by atoms with van der Waals surface area (Å²) < 4.78 is 8.13. The van der Waals surface area contributed by atoms with E-state index in [0.29, 0.717) is 17.4 Å². The van der Waals surface area contributed by atoms with Crippen LogP contribution in [-0.4, -0.2) is 37.6 Å². The average molecular weight is 361 g/mol. The van der Waals surface area contributed by atoms with Gasteiger partial charge in [-0.15, -0.1) is 0 Å². The van der Waals surface area contributed by atoms with Crippen molar-refractivity contribution in [1.82, 2.24) is 24.5 Å². The molecule has 3 rings (SSSR count). The number of aryl methyl sites for hydroxylation is 1. The minimum Gasteiger partial charge on any atom is -0.469 e. The van der Waals surface area contributed by atoms with E-state index < -0.39 is 0 Å². The second-order valence-corrected chi connectivity index (χ2v) is 5.78. The fraction of sp³-hybridized carbons (Fsp3) is 0.250. The van der Waals surface area contributed by atoms with Crippen LogP contribution in [0.3, 0.4) is 0 Å². The molecule has 0 aliphatic rings. The summed E-state index contributed by atoms with van der Waals surface area (Å²) in [6, 6.07) is 3.49. The van der Waals surface area contributed by atoms with Gasteiger partial charge in [0.25, 0.3) is 0 Å². The van der Waals surface area contributed by atoms with Crippen molar-refractivity contribution in [3.05, 3.63) is 53.3 Å². The summed E-state index contributed by atoms with van der Waals surface area (Å²) in [4.78, 5) is 15.7. The van der Waals surface area contributed by atoms with E-state index in [0.717, 1.165) is 16.9 Å². The van der Waals surface area contributed by atoms with Gasteiger partial charge < -0.3 is 10.1 Å². The lowest BCUT2D eigenvalue weighted by molar-refractivity contribution is -0.139. The molecule has 1 N–H and O–H groups in total. The topological polar surface area (TPSA) is 86.9 Å². The Kier molecular flexibility index (Phi) is 4.99. The molecule has 0 radical (unpaired) electrons. The second-order valence-electron chi connectivity index (χ2n) is 5.39. The lowest BCUT2D eigenvalue weighted by atomic mass is 10.2. The third-order valence-corrected chi connectivity index (χ3v) is 3.80. The number of nitrogens with one attached hydrogen (secondary N) is 1. The highest BCUT2D eigenvalue weighted by Gasteiger charge is 2.14. The molecule has 0 amide bonds. The van der Waals surface area contributed by atoms with Gasteiger partial charge in [-0.05, 0) is 12.1 Å². The maximum atomic E-state index is 11.7. The SMILES string of the molecule is COC(=O)Cc1nn(-c2ccc(Cl)nc2)cc1CNc1cnn(C)c1. The van der Waals surface area contributed by atoms with Gasteiger partial charge >= 0.3 is 5.97 Å². The summed E-state index contributed by atoms with van der Waals surface area (Å²) in [7, 11) is 3.20. The van der Waals surface area contributed by atoms with E-state index in [1.54, 1.807) is 27.8 Å². The Labute approximate surface area is 149 Å². The number of methoxy groups -OCH3 is 1. The second kappa shape index (κ2) is 7.35. The first-order chi connectivity index (χ1) is 12.0. The molecule has 25 heavy (non-hydrogen) atoms. The van der Waals surface area contributed by atoms with Crippen LogP contribution < -0.4 is 5.32 Å². The number of carbonyl (C=O) groups is 1. The molecule has 0 spiro atoms. The van der Waals surface area contributed by atoms with Crippen molar-refractivity contribution in [2.75, 3.05) is 12.4 Å². The zero-order valence-corrected chi connectivity index (χ0v) is 14.6. The van der Waals surface area contributed by atoms with Crippen LogP contribution in [0.4, 0.5) is 5.69 Å². The molecule has 3 heterocycles.